The van der Waals surface area contributed by atoms with Crippen molar-refractivity contribution in [3.63, 3.8) is 0 Å². The highest BCUT2D eigenvalue weighted by Crippen LogP contribution is 2.28. The number of ether oxygens (including phenoxy) is 1. The zero-order chi connectivity index (χ0) is 9.97. The van der Waals surface area contributed by atoms with Gasteiger partial charge >= 0.3 is 0 Å². The van der Waals surface area contributed by atoms with Gasteiger partial charge in [-0.3, -0.25) is 5.10 Å². The maximum atomic E-state index is 5.61. The zero-order valence-electron chi connectivity index (χ0n) is 8.58. The van der Waals surface area contributed by atoms with Gasteiger partial charge in [0, 0.05) is 13.2 Å². The number of likely N-dealkylation sites (N-methyl/N-ethyl adjacent to an activating group) is 1. The van der Waals surface area contributed by atoms with Gasteiger partial charge in [-0.2, -0.15) is 5.10 Å². The predicted molar refractivity (Wildman–Crippen MR) is 52.1 cm³/mol. The van der Waals surface area contributed by atoms with E-state index in [-0.39, 0.29) is 6.10 Å². The molecule has 14 heavy (non-hydrogen) atoms. The fourth-order valence-electron chi connectivity index (χ4n) is 1.87. The van der Waals surface area contributed by atoms with Crippen LogP contribution in [0.25, 0.3) is 0 Å². The van der Waals surface area contributed by atoms with Crippen molar-refractivity contribution in [2.75, 3.05) is 20.2 Å². The second-order valence-electron chi connectivity index (χ2n) is 3.64. The molecule has 5 heteroatoms. The third-order valence-electron chi connectivity index (χ3n) is 2.56. The molecule has 0 amide bonds. The fraction of sp³-hybridized carbons (Fsp3) is 0.778. The zero-order valence-corrected chi connectivity index (χ0v) is 8.58. The number of aromatic amines is 1. The van der Waals surface area contributed by atoms with Gasteiger partial charge in [-0.15, -0.1) is 0 Å². The van der Waals surface area contributed by atoms with E-state index >= 15 is 0 Å². The van der Waals surface area contributed by atoms with E-state index in [1.54, 1.807) is 0 Å². The minimum atomic E-state index is 0.218. The fourth-order valence-corrected chi connectivity index (χ4v) is 1.87. The van der Waals surface area contributed by atoms with Crippen molar-refractivity contribution in [3.8, 4) is 0 Å². The summed E-state index contributed by atoms with van der Waals surface area (Å²) in [4.78, 5) is 4.35. The van der Waals surface area contributed by atoms with Gasteiger partial charge in [-0.05, 0) is 20.4 Å². The molecule has 0 unspecified atom stereocenters. The van der Waals surface area contributed by atoms with Crippen LogP contribution in [0.5, 0.6) is 0 Å². The van der Waals surface area contributed by atoms with Crippen molar-refractivity contribution in [2.24, 2.45) is 0 Å². The van der Waals surface area contributed by atoms with Crippen LogP contribution in [0, 0.1) is 6.92 Å². The van der Waals surface area contributed by atoms with E-state index in [1.807, 2.05) is 14.0 Å². The molecule has 1 saturated heterocycles. The number of aromatic nitrogens is 3. The van der Waals surface area contributed by atoms with E-state index in [9.17, 15) is 0 Å². The molecule has 2 rings (SSSR count). The molecule has 78 valence electrons. The molecule has 0 radical (unpaired) electrons. The van der Waals surface area contributed by atoms with E-state index in [0.29, 0.717) is 5.92 Å². The van der Waals surface area contributed by atoms with Crippen molar-refractivity contribution in [3.05, 3.63) is 11.6 Å². The Morgan fingerprint density at radius 1 is 1.64 bits per heavy atom. The van der Waals surface area contributed by atoms with Crippen LogP contribution < -0.4 is 5.32 Å². The second kappa shape index (κ2) is 4.06. The van der Waals surface area contributed by atoms with Crippen LogP contribution >= 0.6 is 0 Å². The summed E-state index contributed by atoms with van der Waals surface area (Å²) in [7, 11) is 1.93. The van der Waals surface area contributed by atoms with Crippen LogP contribution in [0.2, 0.25) is 0 Å². The number of nitrogens with zero attached hydrogens (tertiary/aromatic N) is 2. The first-order valence-corrected chi connectivity index (χ1v) is 4.96. The highest BCUT2D eigenvalue weighted by Gasteiger charge is 2.31. The Hall–Kier alpha value is -0.940. The molecule has 2 atom stereocenters. The third kappa shape index (κ3) is 1.78. The van der Waals surface area contributed by atoms with Crippen molar-refractivity contribution in [1.29, 1.82) is 0 Å². The molecular formula is C9H16N4O. The molecular weight excluding hydrogens is 180 g/mol. The summed E-state index contributed by atoms with van der Waals surface area (Å²) in [6, 6.07) is 0. The Labute approximate surface area is 83.3 Å². The molecule has 2 N–H and O–H groups in total. The van der Waals surface area contributed by atoms with E-state index < -0.39 is 0 Å². The van der Waals surface area contributed by atoms with Gasteiger partial charge < -0.3 is 10.1 Å². The second-order valence-corrected chi connectivity index (χ2v) is 3.64. The van der Waals surface area contributed by atoms with E-state index in [2.05, 4.69) is 20.5 Å². The van der Waals surface area contributed by atoms with Gasteiger partial charge in [-0.25, -0.2) is 4.98 Å². The normalized spacial score (nSPS) is 27.0. The van der Waals surface area contributed by atoms with Crippen LogP contribution in [-0.2, 0) is 4.74 Å². The molecule has 0 saturated carbocycles. The van der Waals surface area contributed by atoms with Gasteiger partial charge in [0.05, 0.1) is 12.0 Å². The summed E-state index contributed by atoms with van der Waals surface area (Å²) < 4.78 is 5.61. The van der Waals surface area contributed by atoms with Gasteiger partial charge in [0.1, 0.15) is 5.82 Å². The number of hydrogen-bond acceptors (Lipinski definition) is 4. The number of aryl methyl sites for hydroxylation is 1. The summed E-state index contributed by atoms with van der Waals surface area (Å²) in [5.41, 5.74) is 0. The van der Waals surface area contributed by atoms with Crippen LogP contribution in [0.1, 0.15) is 24.0 Å². The Kier molecular flexibility index (Phi) is 2.79. The number of nitrogens with one attached hydrogen (secondary N) is 2. The topological polar surface area (TPSA) is 62.8 Å². The predicted octanol–water partition coefficient (Wildman–Crippen LogP) is 0.205. The molecule has 0 bridgehead atoms. The first kappa shape index (κ1) is 9.61. The highest BCUT2D eigenvalue weighted by atomic mass is 16.5. The van der Waals surface area contributed by atoms with Crippen molar-refractivity contribution < 1.29 is 4.74 Å². The largest absolute Gasteiger partial charge is 0.376 e. The minimum absolute atomic E-state index is 0.218. The van der Waals surface area contributed by atoms with Gasteiger partial charge in [0.25, 0.3) is 0 Å². The summed E-state index contributed by atoms with van der Waals surface area (Å²) in [5, 5.41) is 10.2. The lowest BCUT2D eigenvalue weighted by molar-refractivity contribution is 0.103. The summed E-state index contributed by atoms with van der Waals surface area (Å²) in [5.74, 6) is 2.10. The smallest absolute Gasteiger partial charge is 0.156 e. The molecule has 1 aromatic rings. The highest BCUT2D eigenvalue weighted by molar-refractivity contribution is 5.03. The third-order valence-corrected chi connectivity index (χ3v) is 2.56. The number of rotatable bonds is 3. The van der Waals surface area contributed by atoms with E-state index in [4.69, 9.17) is 4.74 Å². The minimum Gasteiger partial charge on any atom is -0.376 e. The first-order chi connectivity index (χ1) is 6.81. The molecule has 0 aliphatic carbocycles. The van der Waals surface area contributed by atoms with Crippen LogP contribution in [0.15, 0.2) is 0 Å². The van der Waals surface area contributed by atoms with Crippen molar-refractivity contribution in [1.82, 2.24) is 20.5 Å². The molecule has 1 fully saturated rings. The van der Waals surface area contributed by atoms with Crippen LogP contribution in [-0.4, -0.2) is 41.5 Å². The maximum Gasteiger partial charge on any atom is 0.156 e. The van der Waals surface area contributed by atoms with Crippen molar-refractivity contribution in [2.45, 2.75) is 25.4 Å². The van der Waals surface area contributed by atoms with Crippen LogP contribution in [0.3, 0.4) is 0 Å². The summed E-state index contributed by atoms with van der Waals surface area (Å²) in [6.45, 7) is 3.59. The van der Waals surface area contributed by atoms with Gasteiger partial charge in [0.15, 0.2) is 5.82 Å². The Morgan fingerprint density at radius 3 is 3.14 bits per heavy atom. The molecule has 5 nitrogen and oxygen atoms in total. The lowest BCUT2D eigenvalue weighted by Crippen LogP contribution is -2.28. The Bertz CT molecular complexity index is 299. The first-order valence-electron chi connectivity index (χ1n) is 4.96. The quantitative estimate of drug-likeness (QED) is 0.725. The Morgan fingerprint density at radius 2 is 2.50 bits per heavy atom. The molecule has 1 aliphatic heterocycles. The molecule has 2 heterocycles. The Balaban J connectivity index is 2.09. The van der Waals surface area contributed by atoms with Gasteiger partial charge in [0.2, 0.25) is 0 Å². The standard InChI is InChI=1S/C9H16N4O/c1-6-11-9(13-12-6)7-3-4-14-8(7)5-10-2/h7-8,10H,3-5H2,1-2H3,(H,11,12,13)/t7-,8-/m1/s1. The average molecular weight is 196 g/mol. The van der Waals surface area contributed by atoms with Crippen molar-refractivity contribution >= 4 is 0 Å². The number of hydrogen-bond donors (Lipinski definition) is 2. The van der Waals surface area contributed by atoms with E-state index in [0.717, 1.165) is 31.2 Å². The molecule has 0 spiro atoms. The summed E-state index contributed by atoms with van der Waals surface area (Å²) in [6.07, 6.45) is 1.24. The number of H-pyrrole nitrogens is 1. The van der Waals surface area contributed by atoms with Gasteiger partial charge in [-0.1, -0.05) is 0 Å². The van der Waals surface area contributed by atoms with Crippen LogP contribution in [0.4, 0.5) is 0 Å². The monoisotopic (exact) mass is 196 g/mol. The SMILES string of the molecule is CNC[C@H]1OCC[C@H]1c1n[nH]c(C)n1. The summed E-state index contributed by atoms with van der Waals surface area (Å²) >= 11 is 0. The lowest BCUT2D eigenvalue weighted by Gasteiger charge is -2.14. The molecule has 1 aromatic heterocycles. The average Bonchev–Trinajstić information content (AvgIpc) is 2.74. The van der Waals surface area contributed by atoms with E-state index in [1.165, 1.54) is 0 Å². The lowest BCUT2D eigenvalue weighted by atomic mass is 10.0. The molecule has 0 aromatic carbocycles. The molecule has 1 aliphatic rings. The maximum absolute atomic E-state index is 5.61.